The molecule has 0 saturated carbocycles. The first kappa shape index (κ1) is 22.3. The van der Waals surface area contributed by atoms with Crippen LogP contribution in [0.15, 0.2) is 61.3 Å². The minimum Gasteiger partial charge on any atom is -0.393 e. The second-order valence-corrected chi connectivity index (χ2v) is 7.75. The van der Waals surface area contributed by atoms with Crippen LogP contribution in [0, 0.1) is 10.1 Å². The number of aromatic nitrogens is 4. The summed E-state index contributed by atoms with van der Waals surface area (Å²) in [5.74, 6) is 0.407. The fourth-order valence-corrected chi connectivity index (χ4v) is 3.64. The number of anilines is 3. The average molecular weight is 485 g/mol. The predicted octanol–water partition coefficient (Wildman–Crippen LogP) is 4.65. The molecule has 0 fully saturated rings. The van der Waals surface area contributed by atoms with E-state index in [0.29, 0.717) is 51.7 Å². The van der Waals surface area contributed by atoms with E-state index in [9.17, 15) is 10.1 Å². The monoisotopic (exact) mass is 484 g/mol. The molecule has 0 aliphatic rings. The van der Waals surface area contributed by atoms with E-state index in [1.165, 1.54) is 12.1 Å². The van der Waals surface area contributed by atoms with Gasteiger partial charge >= 0.3 is 0 Å². The quantitative estimate of drug-likeness (QED) is 0.142. The maximum atomic E-state index is 10.9. The highest BCUT2D eigenvalue weighted by Gasteiger charge is 2.15. The van der Waals surface area contributed by atoms with Gasteiger partial charge in [-0.1, -0.05) is 23.2 Å². The summed E-state index contributed by atoms with van der Waals surface area (Å²) in [4.78, 5) is 23.5. The molecule has 33 heavy (non-hydrogen) atoms. The molecule has 4 rings (SSSR count). The standard InChI is InChI=1S/C21H18Cl2N8O2/c22-13-1-3-15(16(23)9-13)20-19(30-8-7-25-12-30)11-28-21(29-20)27-6-5-26-14-2-4-18(31(32)33)17(24)10-14/h1-4,7-12,26H,5-6,24H2,(H,27,28,29). The Bertz CT molecular complexity index is 1300. The van der Waals surface area contributed by atoms with Gasteiger partial charge in [-0.25, -0.2) is 15.0 Å². The van der Waals surface area contributed by atoms with Crippen LogP contribution in [0.5, 0.6) is 0 Å². The maximum absolute atomic E-state index is 10.9. The van der Waals surface area contributed by atoms with Crippen molar-refractivity contribution in [3.05, 3.63) is 81.5 Å². The van der Waals surface area contributed by atoms with Gasteiger partial charge in [0, 0.05) is 47.8 Å². The van der Waals surface area contributed by atoms with Crippen molar-refractivity contribution >= 4 is 46.2 Å². The Hall–Kier alpha value is -3.89. The number of rotatable bonds is 8. The molecule has 12 heteroatoms. The number of hydrogen-bond acceptors (Lipinski definition) is 8. The summed E-state index contributed by atoms with van der Waals surface area (Å²) in [5.41, 5.74) is 8.39. The molecule has 4 N–H and O–H groups in total. The Labute approximate surface area is 198 Å². The van der Waals surface area contributed by atoms with E-state index in [1.807, 2.05) is 0 Å². The zero-order valence-corrected chi connectivity index (χ0v) is 18.6. The van der Waals surface area contributed by atoms with Crippen LogP contribution < -0.4 is 16.4 Å². The van der Waals surface area contributed by atoms with Gasteiger partial charge in [0.2, 0.25) is 5.95 Å². The number of nitro benzene ring substituents is 1. The van der Waals surface area contributed by atoms with Crippen molar-refractivity contribution in [2.45, 2.75) is 0 Å². The summed E-state index contributed by atoms with van der Waals surface area (Å²) in [6.45, 7) is 0.982. The van der Waals surface area contributed by atoms with E-state index >= 15 is 0 Å². The van der Waals surface area contributed by atoms with E-state index < -0.39 is 4.92 Å². The van der Waals surface area contributed by atoms with Crippen LogP contribution in [0.4, 0.5) is 23.0 Å². The number of nitrogens with one attached hydrogen (secondary N) is 2. The van der Waals surface area contributed by atoms with Crippen molar-refractivity contribution < 1.29 is 4.92 Å². The highest BCUT2D eigenvalue weighted by atomic mass is 35.5. The van der Waals surface area contributed by atoms with Gasteiger partial charge in [-0.05, 0) is 30.3 Å². The molecule has 2 aromatic heterocycles. The van der Waals surface area contributed by atoms with Gasteiger partial charge in [0.15, 0.2) is 0 Å². The molecule has 168 valence electrons. The number of benzene rings is 2. The van der Waals surface area contributed by atoms with Gasteiger partial charge in [0.05, 0.1) is 28.2 Å². The second kappa shape index (κ2) is 9.72. The molecule has 2 heterocycles. The van der Waals surface area contributed by atoms with Crippen molar-refractivity contribution in [3.63, 3.8) is 0 Å². The molecule has 0 atom stereocenters. The number of nitrogens with zero attached hydrogens (tertiary/aromatic N) is 5. The number of nitrogen functional groups attached to an aromatic ring is 1. The molecule has 0 spiro atoms. The second-order valence-electron chi connectivity index (χ2n) is 6.91. The third-order valence-electron chi connectivity index (χ3n) is 4.70. The van der Waals surface area contributed by atoms with Gasteiger partial charge in [-0.3, -0.25) is 10.1 Å². The third-order valence-corrected chi connectivity index (χ3v) is 5.25. The topological polar surface area (TPSA) is 137 Å². The summed E-state index contributed by atoms with van der Waals surface area (Å²) in [6.07, 6.45) is 6.79. The fourth-order valence-electron chi connectivity index (χ4n) is 3.14. The summed E-state index contributed by atoms with van der Waals surface area (Å²) < 4.78 is 1.80. The first-order valence-corrected chi connectivity index (χ1v) is 10.5. The molecule has 2 aromatic carbocycles. The van der Waals surface area contributed by atoms with Gasteiger partial charge in [-0.15, -0.1) is 0 Å². The van der Waals surface area contributed by atoms with Crippen LogP contribution in [0.2, 0.25) is 10.0 Å². The first-order valence-electron chi connectivity index (χ1n) is 9.75. The maximum Gasteiger partial charge on any atom is 0.292 e. The Balaban J connectivity index is 1.49. The molecule has 0 saturated heterocycles. The van der Waals surface area contributed by atoms with E-state index in [1.54, 1.807) is 53.8 Å². The lowest BCUT2D eigenvalue weighted by atomic mass is 10.1. The molecule has 0 amide bonds. The third kappa shape index (κ3) is 5.13. The largest absolute Gasteiger partial charge is 0.393 e. The van der Waals surface area contributed by atoms with Gasteiger partial charge in [-0.2, -0.15) is 0 Å². The van der Waals surface area contributed by atoms with Crippen molar-refractivity contribution in [1.29, 1.82) is 0 Å². The zero-order chi connectivity index (χ0) is 23.4. The van der Waals surface area contributed by atoms with E-state index in [2.05, 4.69) is 25.6 Å². The Morgan fingerprint density at radius 2 is 1.94 bits per heavy atom. The Morgan fingerprint density at radius 3 is 2.64 bits per heavy atom. The Kier molecular flexibility index (Phi) is 6.57. The number of imidazole rings is 1. The summed E-state index contributed by atoms with van der Waals surface area (Å²) in [7, 11) is 0. The summed E-state index contributed by atoms with van der Waals surface area (Å²) >= 11 is 12.5. The van der Waals surface area contributed by atoms with E-state index in [4.69, 9.17) is 28.9 Å². The van der Waals surface area contributed by atoms with Crippen LogP contribution in [0.1, 0.15) is 0 Å². The van der Waals surface area contributed by atoms with Gasteiger partial charge in [0.1, 0.15) is 11.4 Å². The van der Waals surface area contributed by atoms with Gasteiger partial charge in [0.25, 0.3) is 5.69 Å². The minimum atomic E-state index is -0.518. The van der Waals surface area contributed by atoms with Crippen molar-refractivity contribution in [3.8, 4) is 16.9 Å². The van der Waals surface area contributed by atoms with Gasteiger partial charge < -0.3 is 20.9 Å². The molecular weight excluding hydrogens is 467 g/mol. The van der Waals surface area contributed by atoms with Crippen molar-refractivity contribution in [2.75, 3.05) is 29.5 Å². The number of hydrogen-bond donors (Lipinski definition) is 3. The molecular formula is C21H18Cl2N8O2. The molecule has 0 unspecified atom stereocenters. The van der Waals surface area contributed by atoms with E-state index in [-0.39, 0.29) is 11.4 Å². The molecule has 0 aliphatic carbocycles. The summed E-state index contributed by atoms with van der Waals surface area (Å²) in [6, 6.07) is 9.70. The minimum absolute atomic E-state index is 0.0980. The fraction of sp³-hybridized carbons (Fsp3) is 0.0952. The SMILES string of the molecule is Nc1cc(NCCNc2ncc(-n3ccnc3)c(-c3ccc(Cl)cc3Cl)n2)ccc1[N+](=O)[O-]. The molecule has 10 nitrogen and oxygen atoms in total. The van der Waals surface area contributed by atoms with Crippen LogP contribution in [0.3, 0.4) is 0 Å². The van der Waals surface area contributed by atoms with Crippen LogP contribution in [-0.4, -0.2) is 37.5 Å². The number of nitro groups is 1. The lowest BCUT2D eigenvalue weighted by Crippen LogP contribution is -2.16. The molecule has 0 aliphatic heterocycles. The zero-order valence-electron chi connectivity index (χ0n) is 17.1. The van der Waals surface area contributed by atoms with Crippen LogP contribution >= 0.6 is 23.2 Å². The molecule has 4 aromatic rings. The average Bonchev–Trinajstić information content (AvgIpc) is 3.31. The van der Waals surface area contributed by atoms with Crippen LogP contribution in [-0.2, 0) is 0 Å². The lowest BCUT2D eigenvalue weighted by molar-refractivity contribution is -0.383. The summed E-state index contributed by atoms with van der Waals surface area (Å²) in [5, 5.41) is 18.2. The van der Waals surface area contributed by atoms with E-state index in [0.717, 1.165) is 0 Å². The van der Waals surface area contributed by atoms with Crippen molar-refractivity contribution in [1.82, 2.24) is 19.5 Å². The first-order chi connectivity index (χ1) is 15.9. The highest BCUT2D eigenvalue weighted by molar-refractivity contribution is 6.36. The Morgan fingerprint density at radius 1 is 1.12 bits per heavy atom. The normalized spacial score (nSPS) is 10.7. The highest BCUT2D eigenvalue weighted by Crippen LogP contribution is 2.33. The van der Waals surface area contributed by atoms with Crippen molar-refractivity contribution in [2.24, 2.45) is 0 Å². The lowest BCUT2D eigenvalue weighted by Gasteiger charge is -2.13. The van der Waals surface area contributed by atoms with Crippen LogP contribution in [0.25, 0.3) is 16.9 Å². The smallest absolute Gasteiger partial charge is 0.292 e. The molecule has 0 bridgehead atoms. The predicted molar refractivity (Wildman–Crippen MR) is 129 cm³/mol. The number of halogens is 2. The number of nitrogens with two attached hydrogens (primary N) is 1. The molecule has 0 radical (unpaired) electrons.